The normalized spacial score (nSPS) is 19.0. The first kappa shape index (κ1) is 20.0. The molecule has 27 heavy (non-hydrogen) atoms. The summed E-state index contributed by atoms with van der Waals surface area (Å²) in [5.74, 6) is -2.78. The Morgan fingerprint density at radius 2 is 2.07 bits per heavy atom. The lowest BCUT2D eigenvalue weighted by molar-refractivity contribution is -0.0500. The summed E-state index contributed by atoms with van der Waals surface area (Å²) in [5.41, 5.74) is 0.613. The number of halogens is 3. The molecule has 1 N–H and O–H groups in total. The van der Waals surface area contributed by atoms with Gasteiger partial charge < -0.3 is 10.1 Å². The number of imidazole rings is 1. The molecular formula is C18H23BrF2N4O2. The molecule has 0 saturated heterocycles. The third-order valence-electron chi connectivity index (χ3n) is 4.56. The van der Waals surface area contributed by atoms with Crippen LogP contribution in [0.3, 0.4) is 0 Å². The number of carbonyl (C=O) groups excluding carboxylic acids is 1. The van der Waals surface area contributed by atoms with Gasteiger partial charge in [0.25, 0.3) is 0 Å². The molecule has 0 radical (unpaired) electrons. The Morgan fingerprint density at radius 3 is 2.70 bits per heavy atom. The van der Waals surface area contributed by atoms with Crippen LogP contribution in [0.15, 0.2) is 23.2 Å². The molecule has 1 atom stereocenters. The predicted octanol–water partition coefficient (Wildman–Crippen LogP) is 4.88. The molecule has 0 spiro atoms. The molecule has 2 heterocycles. The lowest BCUT2D eigenvalue weighted by Gasteiger charge is -2.33. The van der Waals surface area contributed by atoms with Gasteiger partial charge in [-0.05, 0) is 55.5 Å². The largest absolute Gasteiger partial charge is 0.444 e. The first-order chi connectivity index (χ1) is 12.5. The minimum atomic E-state index is -2.64. The van der Waals surface area contributed by atoms with Crippen LogP contribution >= 0.6 is 15.9 Å². The quantitative estimate of drug-likeness (QED) is 0.684. The molecule has 0 aromatic carbocycles. The Kier molecular flexibility index (Phi) is 5.42. The van der Waals surface area contributed by atoms with Crippen molar-refractivity contribution in [1.82, 2.24) is 19.7 Å². The number of alkyl carbamates (subject to hydrolysis) is 1. The molecule has 148 valence electrons. The SMILES string of the molecule is CC(C)(C)OC(=O)N[C@H](c1cn2cnc(Br)cc2n1)C1CCC(F)(F)CC1. The lowest BCUT2D eigenvalue weighted by Crippen LogP contribution is -2.40. The van der Waals surface area contributed by atoms with Crippen LogP contribution in [0.2, 0.25) is 0 Å². The Hall–Kier alpha value is -1.77. The Morgan fingerprint density at radius 1 is 1.41 bits per heavy atom. The molecule has 3 rings (SSSR count). The van der Waals surface area contributed by atoms with E-state index in [2.05, 4.69) is 31.2 Å². The van der Waals surface area contributed by atoms with Gasteiger partial charge in [-0.25, -0.2) is 23.5 Å². The zero-order valence-corrected chi connectivity index (χ0v) is 17.1. The summed E-state index contributed by atoms with van der Waals surface area (Å²) < 4.78 is 34.9. The number of aromatic nitrogens is 3. The summed E-state index contributed by atoms with van der Waals surface area (Å²) in [7, 11) is 0. The number of ether oxygens (including phenoxy) is 1. The van der Waals surface area contributed by atoms with Crippen molar-refractivity contribution in [2.75, 3.05) is 0 Å². The second-order valence-electron chi connectivity index (χ2n) is 7.96. The summed E-state index contributed by atoms with van der Waals surface area (Å²) in [5, 5.41) is 2.85. The second kappa shape index (κ2) is 7.33. The maximum atomic E-state index is 13.6. The highest BCUT2D eigenvalue weighted by Gasteiger charge is 2.39. The number of amides is 1. The van der Waals surface area contributed by atoms with E-state index in [1.807, 2.05) is 0 Å². The van der Waals surface area contributed by atoms with Gasteiger partial charge >= 0.3 is 6.09 Å². The van der Waals surface area contributed by atoms with Crippen molar-refractivity contribution >= 4 is 27.7 Å². The molecule has 2 aromatic heterocycles. The van der Waals surface area contributed by atoms with Crippen molar-refractivity contribution in [3.05, 3.63) is 28.9 Å². The number of fused-ring (bicyclic) bond motifs is 1. The molecule has 1 amide bonds. The number of nitrogens with one attached hydrogen (secondary N) is 1. The fourth-order valence-corrected chi connectivity index (χ4v) is 3.60. The topological polar surface area (TPSA) is 68.5 Å². The average Bonchev–Trinajstić information content (AvgIpc) is 2.94. The van der Waals surface area contributed by atoms with Gasteiger partial charge in [0.1, 0.15) is 22.2 Å². The first-order valence-corrected chi connectivity index (χ1v) is 9.69. The molecule has 1 aliphatic carbocycles. The summed E-state index contributed by atoms with van der Waals surface area (Å²) in [6.45, 7) is 5.32. The molecule has 1 fully saturated rings. The van der Waals surface area contributed by atoms with Crippen LogP contribution < -0.4 is 5.32 Å². The number of nitrogens with zero attached hydrogens (tertiary/aromatic N) is 3. The predicted molar refractivity (Wildman–Crippen MR) is 99.7 cm³/mol. The fourth-order valence-electron chi connectivity index (χ4n) is 3.30. The number of rotatable bonds is 3. The third kappa shape index (κ3) is 5.15. The summed E-state index contributed by atoms with van der Waals surface area (Å²) in [4.78, 5) is 21.1. The van der Waals surface area contributed by atoms with Crippen molar-refractivity contribution in [3.8, 4) is 0 Å². The van der Waals surface area contributed by atoms with Gasteiger partial charge in [0.2, 0.25) is 5.92 Å². The number of carbonyl (C=O) groups is 1. The number of alkyl halides is 2. The minimum absolute atomic E-state index is 0.140. The molecule has 9 heteroatoms. The highest BCUT2D eigenvalue weighted by Crippen LogP contribution is 2.41. The van der Waals surface area contributed by atoms with E-state index in [1.54, 1.807) is 43.8 Å². The summed E-state index contributed by atoms with van der Waals surface area (Å²) in [6, 6.07) is 1.25. The van der Waals surface area contributed by atoms with Crippen molar-refractivity contribution in [2.45, 2.75) is 64.0 Å². The van der Waals surface area contributed by atoms with Crippen LogP contribution in [0.5, 0.6) is 0 Å². The van der Waals surface area contributed by atoms with Gasteiger partial charge in [-0.1, -0.05) is 0 Å². The smallest absolute Gasteiger partial charge is 0.408 e. The zero-order valence-electron chi connectivity index (χ0n) is 15.5. The fraction of sp³-hybridized carbons (Fsp3) is 0.611. The Balaban J connectivity index is 1.87. The molecule has 2 aromatic rings. The zero-order chi connectivity index (χ0) is 19.8. The maximum Gasteiger partial charge on any atom is 0.408 e. The van der Waals surface area contributed by atoms with Crippen LogP contribution in [0.4, 0.5) is 13.6 Å². The summed E-state index contributed by atoms with van der Waals surface area (Å²) >= 11 is 3.30. The van der Waals surface area contributed by atoms with Gasteiger partial charge in [0.05, 0.1) is 11.7 Å². The average molecular weight is 445 g/mol. The van der Waals surface area contributed by atoms with Crippen LogP contribution in [-0.4, -0.2) is 32.0 Å². The van der Waals surface area contributed by atoms with Crippen LogP contribution in [0.25, 0.3) is 5.65 Å². The van der Waals surface area contributed by atoms with E-state index in [1.165, 1.54) is 0 Å². The molecule has 0 bridgehead atoms. The van der Waals surface area contributed by atoms with Gasteiger partial charge in [-0.15, -0.1) is 0 Å². The van der Waals surface area contributed by atoms with Crippen LogP contribution in [-0.2, 0) is 4.74 Å². The summed E-state index contributed by atoms with van der Waals surface area (Å²) in [6.07, 6.45) is 3.03. The lowest BCUT2D eigenvalue weighted by atomic mass is 9.81. The van der Waals surface area contributed by atoms with E-state index in [0.29, 0.717) is 28.8 Å². The second-order valence-corrected chi connectivity index (χ2v) is 8.77. The molecule has 6 nitrogen and oxygen atoms in total. The van der Waals surface area contributed by atoms with E-state index in [9.17, 15) is 13.6 Å². The van der Waals surface area contributed by atoms with Crippen LogP contribution in [0.1, 0.15) is 58.2 Å². The van der Waals surface area contributed by atoms with Gasteiger partial charge in [0.15, 0.2) is 0 Å². The molecule has 1 aliphatic rings. The van der Waals surface area contributed by atoms with E-state index in [-0.39, 0.29) is 18.8 Å². The highest BCUT2D eigenvalue weighted by atomic mass is 79.9. The van der Waals surface area contributed by atoms with Crippen molar-refractivity contribution in [1.29, 1.82) is 0 Å². The highest BCUT2D eigenvalue weighted by molar-refractivity contribution is 9.10. The van der Waals surface area contributed by atoms with E-state index >= 15 is 0 Å². The molecule has 0 unspecified atom stereocenters. The molecule has 1 saturated carbocycles. The number of hydrogen-bond donors (Lipinski definition) is 1. The monoisotopic (exact) mass is 444 g/mol. The first-order valence-electron chi connectivity index (χ1n) is 8.90. The van der Waals surface area contributed by atoms with Gasteiger partial charge in [0, 0.05) is 25.1 Å². The van der Waals surface area contributed by atoms with E-state index < -0.39 is 23.7 Å². The minimum Gasteiger partial charge on any atom is -0.444 e. The van der Waals surface area contributed by atoms with Crippen molar-refractivity contribution < 1.29 is 18.3 Å². The number of hydrogen-bond acceptors (Lipinski definition) is 4. The van der Waals surface area contributed by atoms with Gasteiger partial charge in [-0.2, -0.15) is 0 Å². The third-order valence-corrected chi connectivity index (χ3v) is 4.99. The Labute approximate surface area is 164 Å². The standard InChI is InChI=1S/C18H23BrF2N4O2/c1-17(2,3)27-16(26)24-15(11-4-6-18(20,21)7-5-11)12-9-25-10-22-13(19)8-14(25)23-12/h8-11,15H,4-7H2,1-3H3,(H,24,26)/t15-/m0/s1. The van der Waals surface area contributed by atoms with Crippen molar-refractivity contribution in [3.63, 3.8) is 0 Å². The van der Waals surface area contributed by atoms with Crippen molar-refractivity contribution in [2.24, 2.45) is 5.92 Å². The van der Waals surface area contributed by atoms with E-state index in [0.717, 1.165) is 0 Å². The van der Waals surface area contributed by atoms with Crippen LogP contribution in [0, 0.1) is 5.92 Å². The Bertz CT molecular complexity index is 824. The van der Waals surface area contributed by atoms with Gasteiger partial charge in [-0.3, -0.25) is 4.40 Å². The maximum absolute atomic E-state index is 13.6. The molecular weight excluding hydrogens is 422 g/mol. The molecule has 0 aliphatic heterocycles. The van der Waals surface area contributed by atoms with E-state index in [4.69, 9.17) is 4.74 Å².